The van der Waals surface area contributed by atoms with Gasteiger partial charge in [-0.15, -0.1) is 11.6 Å². The van der Waals surface area contributed by atoms with Crippen LogP contribution in [0.5, 0.6) is 5.75 Å². The van der Waals surface area contributed by atoms with E-state index in [4.69, 9.17) is 20.8 Å². The molecule has 1 amide bonds. The molecule has 0 N–H and O–H groups in total. The lowest BCUT2D eigenvalue weighted by atomic mass is 10.0. The summed E-state index contributed by atoms with van der Waals surface area (Å²) in [6.45, 7) is 0.346. The number of rotatable bonds is 4. The van der Waals surface area contributed by atoms with Gasteiger partial charge in [-0.3, -0.25) is 14.9 Å². The zero-order chi connectivity index (χ0) is 19.1. The molecular weight excluding hydrogens is 372 g/mol. The fourth-order valence-corrected chi connectivity index (χ4v) is 3.62. The first-order chi connectivity index (χ1) is 13.0. The first kappa shape index (κ1) is 17.4. The van der Waals surface area contributed by atoms with Crippen molar-refractivity contribution in [3.05, 3.63) is 63.9 Å². The molecule has 1 aliphatic heterocycles. The summed E-state index contributed by atoms with van der Waals surface area (Å²) in [5, 5.41) is 11.9. The summed E-state index contributed by atoms with van der Waals surface area (Å²) in [6.07, 6.45) is 0. The number of non-ortho nitro benzene ring substituents is 1. The van der Waals surface area contributed by atoms with Gasteiger partial charge >= 0.3 is 0 Å². The van der Waals surface area contributed by atoms with Crippen LogP contribution < -0.4 is 9.64 Å². The number of nitro groups is 1. The normalized spacial score (nSPS) is 15.8. The van der Waals surface area contributed by atoms with Gasteiger partial charge in [0.2, 0.25) is 0 Å². The van der Waals surface area contributed by atoms with E-state index in [1.807, 2.05) is 0 Å². The molecule has 27 heavy (non-hydrogen) atoms. The molecule has 1 aromatic heterocycles. The number of halogens is 1. The van der Waals surface area contributed by atoms with E-state index in [9.17, 15) is 14.9 Å². The number of furan rings is 1. The minimum Gasteiger partial charge on any atom is -0.497 e. The topological polar surface area (TPSA) is 85.8 Å². The number of ether oxygens (including phenoxy) is 1. The van der Waals surface area contributed by atoms with Crippen LogP contribution in [0.2, 0.25) is 0 Å². The number of fused-ring (bicyclic) bond motifs is 2. The molecule has 7 nitrogen and oxygen atoms in total. The van der Waals surface area contributed by atoms with Gasteiger partial charge in [0.25, 0.3) is 11.6 Å². The van der Waals surface area contributed by atoms with Gasteiger partial charge in [-0.25, -0.2) is 0 Å². The number of hydrogen-bond acceptors (Lipinski definition) is 5. The van der Waals surface area contributed by atoms with E-state index < -0.39 is 4.92 Å². The van der Waals surface area contributed by atoms with Crippen LogP contribution in [0.4, 0.5) is 11.4 Å². The molecule has 0 radical (unpaired) electrons. The van der Waals surface area contributed by atoms with Crippen molar-refractivity contribution in [3.63, 3.8) is 0 Å². The summed E-state index contributed by atoms with van der Waals surface area (Å²) >= 11 is 6.04. The summed E-state index contributed by atoms with van der Waals surface area (Å²) in [7, 11) is 1.56. The highest BCUT2D eigenvalue weighted by Gasteiger charge is 2.35. The Morgan fingerprint density at radius 3 is 2.85 bits per heavy atom. The molecule has 1 aliphatic rings. The number of hydrogen-bond donors (Lipinski definition) is 0. The van der Waals surface area contributed by atoms with Crippen LogP contribution in [-0.4, -0.2) is 30.4 Å². The lowest BCUT2D eigenvalue weighted by Crippen LogP contribution is -2.29. The third-order valence-corrected chi connectivity index (χ3v) is 5.10. The van der Waals surface area contributed by atoms with Crippen LogP contribution in [-0.2, 0) is 0 Å². The van der Waals surface area contributed by atoms with Gasteiger partial charge in [-0.2, -0.15) is 0 Å². The van der Waals surface area contributed by atoms with Crippen molar-refractivity contribution in [3.8, 4) is 5.75 Å². The smallest absolute Gasteiger partial charge is 0.294 e. The Labute approximate surface area is 159 Å². The van der Waals surface area contributed by atoms with E-state index in [0.29, 0.717) is 29.4 Å². The van der Waals surface area contributed by atoms with E-state index in [1.165, 1.54) is 17.0 Å². The van der Waals surface area contributed by atoms with Crippen LogP contribution in [0.1, 0.15) is 22.0 Å². The molecule has 0 bridgehead atoms. The van der Waals surface area contributed by atoms with E-state index in [2.05, 4.69) is 0 Å². The number of anilines is 1. The van der Waals surface area contributed by atoms with Gasteiger partial charge in [-0.05, 0) is 35.9 Å². The lowest BCUT2D eigenvalue weighted by molar-refractivity contribution is -0.384. The van der Waals surface area contributed by atoms with Crippen LogP contribution in [0.3, 0.4) is 0 Å². The molecule has 138 valence electrons. The van der Waals surface area contributed by atoms with E-state index in [1.54, 1.807) is 37.4 Å². The van der Waals surface area contributed by atoms with E-state index >= 15 is 0 Å². The maximum Gasteiger partial charge on any atom is 0.294 e. The number of carbonyl (C=O) groups excluding carboxylic acids is 1. The van der Waals surface area contributed by atoms with Gasteiger partial charge in [0, 0.05) is 35.9 Å². The Hall–Kier alpha value is -3.06. The van der Waals surface area contributed by atoms with Crippen molar-refractivity contribution in [1.82, 2.24) is 0 Å². The summed E-state index contributed by atoms with van der Waals surface area (Å²) < 4.78 is 10.9. The van der Waals surface area contributed by atoms with Crippen LogP contribution in [0.15, 0.2) is 46.9 Å². The van der Waals surface area contributed by atoms with Gasteiger partial charge < -0.3 is 14.1 Å². The average molecular weight is 387 g/mol. The number of alkyl halides is 1. The fraction of sp³-hybridized carbons (Fsp3) is 0.211. The molecule has 1 atom stereocenters. The molecule has 2 aromatic carbocycles. The van der Waals surface area contributed by atoms with Crippen molar-refractivity contribution < 1.29 is 18.9 Å². The monoisotopic (exact) mass is 386 g/mol. The maximum atomic E-state index is 13.1. The Kier molecular flexibility index (Phi) is 4.24. The number of carbonyl (C=O) groups is 1. The molecule has 0 spiro atoms. The van der Waals surface area contributed by atoms with E-state index in [-0.39, 0.29) is 23.3 Å². The number of amides is 1. The Morgan fingerprint density at radius 2 is 2.15 bits per heavy atom. The number of nitrogens with zero attached hydrogens (tertiary/aromatic N) is 2. The summed E-state index contributed by atoms with van der Waals surface area (Å²) in [5.41, 5.74) is 1.81. The summed E-state index contributed by atoms with van der Waals surface area (Å²) in [6, 6.07) is 11.4. The second-order valence-electron chi connectivity index (χ2n) is 6.28. The highest BCUT2D eigenvalue weighted by Crippen LogP contribution is 2.40. The van der Waals surface area contributed by atoms with Gasteiger partial charge in [-0.1, -0.05) is 0 Å². The highest BCUT2D eigenvalue weighted by molar-refractivity contribution is 6.19. The SMILES string of the molecule is COc1ccc2oc(C(=O)N3CC(CCl)c4ccc([N+](=O)[O-])cc43)cc2c1. The Balaban J connectivity index is 1.74. The second kappa shape index (κ2) is 6.59. The number of nitro benzene ring substituents is 1. The third-order valence-electron chi connectivity index (χ3n) is 4.72. The minimum absolute atomic E-state index is 0.0730. The largest absolute Gasteiger partial charge is 0.497 e. The fourth-order valence-electron chi connectivity index (χ4n) is 3.35. The zero-order valence-electron chi connectivity index (χ0n) is 14.3. The first-order valence-corrected chi connectivity index (χ1v) is 8.79. The van der Waals surface area contributed by atoms with E-state index in [0.717, 1.165) is 10.9 Å². The third kappa shape index (κ3) is 2.90. The van der Waals surface area contributed by atoms with Gasteiger partial charge in [0.05, 0.1) is 17.7 Å². The lowest BCUT2D eigenvalue weighted by Gasteiger charge is -2.15. The molecule has 4 rings (SSSR count). The van der Waals surface area contributed by atoms with Crippen molar-refractivity contribution in [1.29, 1.82) is 0 Å². The van der Waals surface area contributed by atoms with Crippen molar-refractivity contribution >= 4 is 39.9 Å². The van der Waals surface area contributed by atoms with Crippen molar-refractivity contribution in [2.45, 2.75) is 5.92 Å². The van der Waals surface area contributed by atoms with Crippen molar-refractivity contribution in [2.75, 3.05) is 24.4 Å². The molecule has 2 heterocycles. The predicted molar refractivity (Wildman–Crippen MR) is 101 cm³/mol. The molecule has 3 aromatic rings. The molecule has 0 fully saturated rings. The highest BCUT2D eigenvalue weighted by atomic mass is 35.5. The Bertz CT molecular complexity index is 1060. The molecule has 0 aliphatic carbocycles. The minimum atomic E-state index is -0.482. The quantitative estimate of drug-likeness (QED) is 0.378. The zero-order valence-corrected chi connectivity index (χ0v) is 15.1. The second-order valence-corrected chi connectivity index (χ2v) is 6.59. The molecule has 0 saturated heterocycles. The predicted octanol–water partition coefficient (Wildman–Crippen LogP) is 4.33. The summed E-state index contributed by atoms with van der Waals surface area (Å²) in [5.74, 6) is 0.680. The van der Waals surface area contributed by atoms with Crippen LogP contribution in [0, 0.1) is 10.1 Å². The van der Waals surface area contributed by atoms with Crippen LogP contribution in [0.25, 0.3) is 11.0 Å². The average Bonchev–Trinajstić information content (AvgIpc) is 3.27. The first-order valence-electron chi connectivity index (χ1n) is 8.25. The Morgan fingerprint density at radius 1 is 1.33 bits per heavy atom. The van der Waals surface area contributed by atoms with Gasteiger partial charge in [0.15, 0.2) is 5.76 Å². The van der Waals surface area contributed by atoms with Crippen LogP contribution >= 0.6 is 11.6 Å². The molecule has 0 saturated carbocycles. The van der Waals surface area contributed by atoms with Crippen molar-refractivity contribution in [2.24, 2.45) is 0 Å². The maximum absolute atomic E-state index is 13.1. The number of methoxy groups -OCH3 is 1. The molecular formula is C19H15ClN2O5. The molecule has 1 unspecified atom stereocenters. The standard InChI is InChI=1S/C19H15ClN2O5/c1-26-14-3-5-17-11(6-14)7-18(27-17)19(23)21-10-12(9-20)15-4-2-13(22(24)25)8-16(15)21/h2-8,12H,9-10H2,1H3. The van der Waals surface area contributed by atoms with Gasteiger partial charge in [0.1, 0.15) is 11.3 Å². The summed E-state index contributed by atoms with van der Waals surface area (Å²) in [4.78, 5) is 25.2. The molecule has 8 heteroatoms. The number of benzene rings is 2.